The van der Waals surface area contributed by atoms with Crippen molar-refractivity contribution in [3.63, 3.8) is 0 Å². The van der Waals surface area contributed by atoms with E-state index in [4.69, 9.17) is 5.73 Å². The summed E-state index contributed by atoms with van der Waals surface area (Å²) in [5.74, 6) is 2.02. The summed E-state index contributed by atoms with van der Waals surface area (Å²) < 4.78 is 0. The lowest BCUT2D eigenvalue weighted by Crippen LogP contribution is -2.28. The topological polar surface area (TPSA) is 63.8 Å². The van der Waals surface area contributed by atoms with E-state index >= 15 is 0 Å². The lowest BCUT2D eigenvalue weighted by molar-refractivity contribution is 0.252. The van der Waals surface area contributed by atoms with Crippen molar-refractivity contribution in [3.05, 3.63) is 12.4 Å². The van der Waals surface area contributed by atoms with Gasteiger partial charge in [0.1, 0.15) is 11.6 Å². The zero-order chi connectivity index (χ0) is 13.0. The van der Waals surface area contributed by atoms with Gasteiger partial charge < -0.3 is 11.1 Å². The summed E-state index contributed by atoms with van der Waals surface area (Å²) in [6.45, 7) is 5.60. The SMILES string of the molecule is CC(C)CC1(CNc2cncc(N)n2)CCCC1. The molecule has 1 aliphatic carbocycles. The van der Waals surface area contributed by atoms with E-state index in [0.29, 0.717) is 11.2 Å². The molecular formula is C14H24N4. The molecule has 1 heterocycles. The molecule has 3 N–H and O–H groups in total. The van der Waals surface area contributed by atoms with Crippen molar-refractivity contribution in [2.45, 2.75) is 46.0 Å². The largest absolute Gasteiger partial charge is 0.382 e. The van der Waals surface area contributed by atoms with Crippen molar-refractivity contribution in [2.75, 3.05) is 17.6 Å². The van der Waals surface area contributed by atoms with Crippen LogP contribution < -0.4 is 11.1 Å². The highest BCUT2D eigenvalue weighted by molar-refractivity contribution is 5.38. The van der Waals surface area contributed by atoms with Gasteiger partial charge in [-0.1, -0.05) is 26.7 Å². The molecule has 1 saturated carbocycles. The summed E-state index contributed by atoms with van der Waals surface area (Å²) in [7, 11) is 0. The molecule has 0 radical (unpaired) electrons. The Kier molecular flexibility index (Phi) is 4.04. The van der Waals surface area contributed by atoms with Crippen LogP contribution in [0.2, 0.25) is 0 Å². The maximum Gasteiger partial charge on any atom is 0.146 e. The molecule has 0 unspecified atom stereocenters. The van der Waals surface area contributed by atoms with Gasteiger partial charge in [0.25, 0.3) is 0 Å². The summed E-state index contributed by atoms with van der Waals surface area (Å²) in [5.41, 5.74) is 6.09. The van der Waals surface area contributed by atoms with Crippen molar-refractivity contribution in [1.29, 1.82) is 0 Å². The summed E-state index contributed by atoms with van der Waals surface area (Å²) in [6, 6.07) is 0. The second-order valence-corrected chi connectivity index (χ2v) is 5.99. The van der Waals surface area contributed by atoms with E-state index in [1.807, 2.05) is 0 Å². The number of hydrogen-bond donors (Lipinski definition) is 2. The van der Waals surface area contributed by atoms with Crippen LogP contribution in [0.5, 0.6) is 0 Å². The first-order valence-corrected chi connectivity index (χ1v) is 6.91. The van der Waals surface area contributed by atoms with Crippen molar-refractivity contribution < 1.29 is 0 Å². The van der Waals surface area contributed by atoms with E-state index in [1.165, 1.54) is 32.1 Å². The number of anilines is 2. The minimum Gasteiger partial charge on any atom is -0.382 e. The van der Waals surface area contributed by atoms with Gasteiger partial charge in [-0.2, -0.15) is 0 Å². The van der Waals surface area contributed by atoms with Crippen LogP contribution in [0.3, 0.4) is 0 Å². The standard InChI is InChI=1S/C14H24N4/c1-11(2)7-14(5-3-4-6-14)10-17-13-9-16-8-12(15)18-13/h8-9,11H,3-7,10H2,1-2H3,(H3,15,17,18). The zero-order valence-electron chi connectivity index (χ0n) is 11.4. The van der Waals surface area contributed by atoms with Crippen LogP contribution in [0, 0.1) is 11.3 Å². The molecule has 0 saturated heterocycles. The van der Waals surface area contributed by atoms with Gasteiger partial charge in [0.05, 0.1) is 12.4 Å². The molecule has 0 aliphatic heterocycles. The van der Waals surface area contributed by atoms with Crippen LogP contribution in [0.25, 0.3) is 0 Å². The van der Waals surface area contributed by atoms with E-state index < -0.39 is 0 Å². The maximum absolute atomic E-state index is 5.64. The molecule has 2 rings (SSSR count). The fourth-order valence-electron chi connectivity index (χ4n) is 3.19. The molecule has 18 heavy (non-hydrogen) atoms. The van der Waals surface area contributed by atoms with E-state index in [1.54, 1.807) is 12.4 Å². The first-order chi connectivity index (χ1) is 8.60. The lowest BCUT2D eigenvalue weighted by atomic mass is 9.78. The quantitative estimate of drug-likeness (QED) is 0.840. The van der Waals surface area contributed by atoms with Crippen molar-refractivity contribution in [2.24, 2.45) is 11.3 Å². The number of nitrogens with one attached hydrogen (secondary N) is 1. The third kappa shape index (κ3) is 3.34. The Bertz CT molecular complexity index is 383. The molecule has 0 aromatic carbocycles. The molecule has 0 amide bonds. The number of hydrogen-bond acceptors (Lipinski definition) is 4. The molecule has 1 fully saturated rings. The van der Waals surface area contributed by atoms with Crippen LogP contribution in [0.4, 0.5) is 11.6 Å². The number of nitrogens with zero attached hydrogens (tertiary/aromatic N) is 2. The fraction of sp³-hybridized carbons (Fsp3) is 0.714. The van der Waals surface area contributed by atoms with Gasteiger partial charge in [-0.25, -0.2) is 4.98 Å². The molecule has 0 bridgehead atoms. The second-order valence-electron chi connectivity index (χ2n) is 5.99. The molecule has 4 nitrogen and oxygen atoms in total. The van der Waals surface area contributed by atoms with E-state index in [-0.39, 0.29) is 0 Å². The Morgan fingerprint density at radius 2 is 2.06 bits per heavy atom. The van der Waals surface area contributed by atoms with Crippen LogP contribution in [-0.2, 0) is 0 Å². The Labute approximate surface area is 109 Å². The molecule has 1 aromatic rings. The smallest absolute Gasteiger partial charge is 0.146 e. The third-order valence-corrected chi connectivity index (χ3v) is 3.80. The van der Waals surface area contributed by atoms with Crippen LogP contribution in [-0.4, -0.2) is 16.5 Å². The average molecular weight is 248 g/mol. The Morgan fingerprint density at radius 3 is 2.67 bits per heavy atom. The normalized spacial score (nSPS) is 18.2. The van der Waals surface area contributed by atoms with E-state index in [0.717, 1.165) is 18.3 Å². The first-order valence-electron chi connectivity index (χ1n) is 6.91. The predicted octanol–water partition coefficient (Wildman–Crippen LogP) is 3.08. The molecule has 4 heteroatoms. The summed E-state index contributed by atoms with van der Waals surface area (Å²) in [4.78, 5) is 8.31. The third-order valence-electron chi connectivity index (χ3n) is 3.80. The lowest BCUT2D eigenvalue weighted by Gasteiger charge is -2.31. The minimum atomic E-state index is 0.445. The van der Waals surface area contributed by atoms with Gasteiger partial charge in [-0.15, -0.1) is 0 Å². The van der Waals surface area contributed by atoms with Crippen LogP contribution in [0.15, 0.2) is 12.4 Å². The Balaban J connectivity index is 1.97. The Morgan fingerprint density at radius 1 is 1.33 bits per heavy atom. The molecular weight excluding hydrogens is 224 g/mol. The van der Waals surface area contributed by atoms with Gasteiger partial charge in [-0.05, 0) is 30.6 Å². The number of aromatic nitrogens is 2. The zero-order valence-corrected chi connectivity index (χ0v) is 11.4. The van der Waals surface area contributed by atoms with E-state index in [9.17, 15) is 0 Å². The van der Waals surface area contributed by atoms with Crippen molar-refractivity contribution in [1.82, 2.24) is 9.97 Å². The molecule has 100 valence electrons. The maximum atomic E-state index is 5.64. The second kappa shape index (κ2) is 5.55. The summed E-state index contributed by atoms with van der Waals surface area (Å²) in [5, 5.41) is 3.42. The van der Waals surface area contributed by atoms with Crippen LogP contribution >= 0.6 is 0 Å². The predicted molar refractivity (Wildman–Crippen MR) is 75.3 cm³/mol. The van der Waals surface area contributed by atoms with Gasteiger partial charge >= 0.3 is 0 Å². The highest BCUT2D eigenvalue weighted by Gasteiger charge is 2.34. The van der Waals surface area contributed by atoms with Gasteiger partial charge in [-0.3, -0.25) is 4.98 Å². The van der Waals surface area contributed by atoms with Gasteiger partial charge in [0, 0.05) is 6.54 Å². The monoisotopic (exact) mass is 248 g/mol. The molecule has 1 aliphatic rings. The number of nitrogen functional groups attached to an aromatic ring is 1. The number of rotatable bonds is 5. The highest BCUT2D eigenvalue weighted by atomic mass is 15.0. The van der Waals surface area contributed by atoms with Gasteiger partial charge in [0.15, 0.2) is 0 Å². The molecule has 0 atom stereocenters. The fourth-order valence-corrected chi connectivity index (χ4v) is 3.19. The van der Waals surface area contributed by atoms with Crippen molar-refractivity contribution >= 4 is 11.6 Å². The average Bonchev–Trinajstić information content (AvgIpc) is 2.75. The first kappa shape index (κ1) is 13.1. The van der Waals surface area contributed by atoms with E-state index in [2.05, 4.69) is 29.1 Å². The highest BCUT2D eigenvalue weighted by Crippen LogP contribution is 2.43. The minimum absolute atomic E-state index is 0.445. The molecule has 0 spiro atoms. The molecule has 1 aromatic heterocycles. The van der Waals surface area contributed by atoms with Crippen molar-refractivity contribution in [3.8, 4) is 0 Å². The van der Waals surface area contributed by atoms with Gasteiger partial charge in [0.2, 0.25) is 0 Å². The van der Waals surface area contributed by atoms with Crippen LogP contribution in [0.1, 0.15) is 46.0 Å². The summed E-state index contributed by atoms with van der Waals surface area (Å²) in [6.07, 6.45) is 9.98. The summed E-state index contributed by atoms with van der Waals surface area (Å²) >= 11 is 0. The Hall–Kier alpha value is -1.32. The number of nitrogens with two attached hydrogens (primary N) is 1.